The third-order valence-electron chi connectivity index (χ3n) is 4.01. The number of phenolic OH excluding ortho intramolecular Hbond substituents is 1. The van der Waals surface area contributed by atoms with Gasteiger partial charge in [0, 0.05) is 11.8 Å². The van der Waals surface area contributed by atoms with Gasteiger partial charge in [0.15, 0.2) is 0 Å². The summed E-state index contributed by atoms with van der Waals surface area (Å²) < 4.78 is 117. The number of carbonyl (C=O) groups excluding carboxylic acids is 1. The standard InChI is InChI=1S/C16H6F9N3O6/c17-14(18,19)5-1-6(15(20,21)22)3-7(2-5)26-13(30)8-4-9(27(31)32)10(16(23,24)25)11(12(8)29)28(33)34/h1-4,29H,(H,26,30). The zero-order valence-electron chi connectivity index (χ0n) is 15.6. The number of nitro benzene ring substituents is 2. The molecule has 0 aliphatic heterocycles. The molecule has 0 aliphatic rings. The maximum atomic E-state index is 13.2. The molecule has 0 saturated carbocycles. The maximum Gasteiger partial charge on any atom is 0.429 e. The van der Waals surface area contributed by atoms with Crippen molar-refractivity contribution in [3.63, 3.8) is 0 Å². The first-order chi connectivity index (χ1) is 15.2. The van der Waals surface area contributed by atoms with E-state index in [1.54, 1.807) is 0 Å². The molecule has 2 rings (SSSR count). The number of anilines is 1. The van der Waals surface area contributed by atoms with Crippen LogP contribution in [0.5, 0.6) is 5.75 Å². The number of aromatic hydroxyl groups is 1. The fourth-order valence-corrected chi connectivity index (χ4v) is 2.64. The number of alkyl halides is 9. The highest BCUT2D eigenvalue weighted by Gasteiger charge is 2.49. The van der Waals surface area contributed by atoms with Crippen molar-refractivity contribution in [1.82, 2.24) is 0 Å². The van der Waals surface area contributed by atoms with E-state index in [1.165, 1.54) is 5.32 Å². The molecule has 184 valence electrons. The lowest BCUT2D eigenvalue weighted by atomic mass is 10.0. The quantitative estimate of drug-likeness (QED) is 0.318. The molecule has 18 heteroatoms. The van der Waals surface area contributed by atoms with Crippen LogP contribution in [-0.4, -0.2) is 20.9 Å². The van der Waals surface area contributed by atoms with Gasteiger partial charge in [-0.25, -0.2) is 0 Å². The Kier molecular flexibility index (Phi) is 6.41. The van der Waals surface area contributed by atoms with Crippen LogP contribution in [0.3, 0.4) is 0 Å². The molecule has 0 spiro atoms. The van der Waals surface area contributed by atoms with Gasteiger partial charge in [0.2, 0.25) is 11.3 Å². The molecular formula is C16H6F9N3O6. The summed E-state index contributed by atoms with van der Waals surface area (Å²) in [4.78, 5) is 30.7. The number of nitro groups is 2. The number of nitrogens with zero attached hydrogens (tertiary/aromatic N) is 2. The van der Waals surface area contributed by atoms with Crippen LogP contribution in [0, 0.1) is 20.2 Å². The van der Waals surface area contributed by atoms with Crippen LogP contribution < -0.4 is 5.32 Å². The van der Waals surface area contributed by atoms with Crippen LogP contribution in [0.25, 0.3) is 0 Å². The highest BCUT2D eigenvalue weighted by Crippen LogP contribution is 2.48. The lowest BCUT2D eigenvalue weighted by Gasteiger charge is -2.15. The second-order valence-corrected chi connectivity index (χ2v) is 6.28. The molecule has 0 fully saturated rings. The second-order valence-electron chi connectivity index (χ2n) is 6.28. The molecule has 0 atom stereocenters. The predicted octanol–water partition coefficient (Wildman–Crippen LogP) is 5.52. The van der Waals surface area contributed by atoms with E-state index >= 15 is 0 Å². The second kappa shape index (κ2) is 8.34. The van der Waals surface area contributed by atoms with E-state index in [0.717, 1.165) is 0 Å². The smallest absolute Gasteiger partial charge is 0.429 e. The van der Waals surface area contributed by atoms with Crippen molar-refractivity contribution < 1.29 is 59.3 Å². The summed E-state index contributed by atoms with van der Waals surface area (Å²) in [5, 5.41) is 33.3. The third-order valence-corrected chi connectivity index (χ3v) is 4.01. The largest absolute Gasteiger partial charge is 0.502 e. The van der Waals surface area contributed by atoms with Crippen molar-refractivity contribution in [3.8, 4) is 5.75 Å². The van der Waals surface area contributed by atoms with E-state index in [4.69, 9.17) is 0 Å². The molecule has 2 N–H and O–H groups in total. The fraction of sp³-hybridized carbons (Fsp3) is 0.188. The van der Waals surface area contributed by atoms with E-state index in [-0.39, 0.29) is 24.3 Å². The topological polar surface area (TPSA) is 136 Å². The van der Waals surface area contributed by atoms with Gasteiger partial charge in [-0.15, -0.1) is 0 Å². The van der Waals surface area contributed by atoms with E-state index in [1.807, 2.05) is 0 Å². The third kappa shape index (κ3) is 5.26. The van der Waals surface area contributed by atoms with Crippen molar-refractivity contribution in [2.45, 2.75) is 18.5 Å². The molecule has 2 aromatic rings. The van der Waals surface area contributed by atoms with E-state index in [0.29, 0.717) is 0 Å². The summed E-state index contributed by atoms with van der Waals surface area (Å²) in [6.45, 7) is 0. The Morgan fingerprint density at radius 2 is 1.26 bits per heavy atom. The summed E-state index contributed by atoms with van der Waals surface area (Å²) in [6, 6.07) is -0.617. The Balaban J connectivity index is 2.73. The van der Waals surface area contributed by atoms with E-state index in [9.17, 15) is 69.6 Å². The van der Waals surface area contributed by atoms with Gasteiger partial charge in [0.25, 0.3) is 11.6 Å². The Labute approximate surface area is 179 Å². The first-order valence-electron chi connectivity index (χ1n) is 8.12. The molecule has 0 radical (unpaired) electrons. The fourth-order valence-electron chi connectivity index (χ4n) is 2.64. The number of hydrogen-bond donors (Lipinski definition) is 2. The summed E-state index contributed by atoms with van der Waals surface area (Å²) in [5.41, 5.74) is -13.6. The van der Waals surface area contributed by atoms with Crippen molar-refractivity contribution in [1.29, 1.82) is 0 Å². The van der Waals surface area contributed by atoms with Crippen LogP contribution in [0.1, 0.15) is 27.0 Å². The molecule has 0 aliphatic carbocycles. The van der Waals surface area contributed by atoms with Crippen LogP contribution >= 0.6 is 0 Å². The average Bonchev–Trinajstić information content (AvgIpc) is 2.64. The highest BCUT2D eigenvalue weighted by atomic mass is 19.4. The molecular weight excluding hydrogens is 501 g/mol. The van der Waals surface area contributed by atoms with Gasteiger partial charge in [-0.1, -0.05) is 0 Å². The van der Waals surface area contributed by atoms with Gasteiger partial charge in [0.05, 0.1) is 26.5 Å². The molecule has 0 unspecified atom stereocenters. The molecule has 0 saturated heterocycles. The summed E-state index contributed by atoms with van der Waals surface area (Å²) in [7, 11) is 0. The Bertz CT molecular complexity index is 1160. The van der Waals surface area contributed by atoms with Gasteiger partial charge in [-0.05, 0) is 18.2 Å². The van der Waals surface area contributed by atoms with Gasteiger partial charge in [-0.2, -0.15) is 39.5 Å². The zero-order valence-corrected chi connectivity index (χ0v) is 15.6. The van der Waals surface area contributed by atoms with Crippen molar-refractivity contribution in [3.05, 3.63) is 66.7 Å². The van der Waals surface area contributed by atoms with Crippen LogP contribution in [0.15, 0.2) is 24.3 Å². The molecule has 1 amide bonds. The Morgan fingerprint density at radius 1 is 0.794 bits per heavy atom. The summed E-state index contributed by atoms with van der Waals surface area (Å²) >= 11 is 0. The van der Waals surface area contributed by atoms with Gasteiger partial charge in [-0.3, -0.25) is 25.0 Å². The van der Waals surface area contributed by atoms with Gasteiger partial charge in [0.1, 0.15) is 0 Å². The summed E-state index contributed by atoms with van der Waals surface area (Å²) in [6.07, 6.45) is -16.5. The number of halogens is 9. The Morgan fingerprint density at radius 3 is 1.62 bits per heavy atom. The van der Waals surface area contributed by atoms with Crippen LogP contribution in [0.4, 0.5) is 56.6 Å². The van der Waals surface area contributed by atoms with Crippen molar-refractivity contribution in [2.24, 2.45) is 0 Å². The molecule has 34 heavy (non-hydrogen) atoms. The number of amides is 1. The van der Waals surface area contributed by atoms with Gasteiger partial charge < -0.3 is 10.4 Å². The zero-order chi connectivity index (χ0) is 26.4. The minimum absolute atomic E-state index is 0.0168. The van der Waals surface area contributed by atoms with Crippen LogP contribution in [0.2, 0.25) is 0 Å². The number of nitrogens with one attached hydrogen (secondary N) is 1. The monoisotopic (exact) mass is 507 g/mol. The van der Waals surface area contributed by atoms with E-state index < -0.39 is 79.3 Å². The number of hydrogen-bond acceptors (Lipinski definition) is 6. The number of rotatable bonds is 4. The number of carbonyl (C=O) groups is 1. The molecule has 0 aromatic heterocycles. The normalized spacial score (nSPS) is 12.4. The lowest BCUT2D eigenvalue weighted by Crippen LogP contribution is -2.18. The molecule has 0 bridgehead atoms. The first kappa shape index (κ1) is 26.1. The minimum Gasteiger partial charge on any atom is -0.502 e. The predicted molar refractivity (Wildman–Crippen MR) is 90.8 cm³/mol. The SMILES string of the molecule is O=C(Nc1cc(C(F)(F)F)cc(C(F)(F)F)c1)c1cc([N+](=O)[O-])c(C(F)(F)F)c([N+](=O)[O-])c1O. The van der Waals surface area contributed by atoms with E-state index in [2.05, 4.69) is 0 Å². The van der Waals surface area contributed by atoms with Crippen LogP contribution in [-0.2, 0) is 18.5 Å². The highest BCUT2D eigenvalue weighted by molar-refractivity contribution is 6.08. The lowest BCUT2D eigenvalue weighted by molar-refractivity contribution is -0.400. The average molecular weight is 507 g/mol. The maximum absolute atomic E-state index is 13.2. The number of phenols is 1. The minimum atomic E-state index is -5.78. The summed E-state index contributed by atoms with van der Waals surface area (Å²) in [5.74, 6) is -4.05. The first-order valence-corrected chi connectivity index (χ1v) is 8.12. The van der Waals surface area contributed by atoms with Gasteiger partial charge >= 0.3 is 24.2 Å². The molecule has 0 heterocycles. The van der Waals surface area contributed by atoms with Crippen molar-refractivity contribution >= 4 is 23.0 Å². The Hall–Kier alpha value is -4.12. The molecule has 9 nitrogen and oxygen atoms in total. The van der Waals surface area contributed by atoms with Crippen molar-refractivity contribution in [2.75, 3.05) is 5.32 Å². The number of benzene rings is 2. The molecule has 2 aromatic carbocycles.